The Morgan fingerprint density at radius 3 is 2.76 bits per heavy atom. The summed E-state index contributed by atoms with van der Waals surface area (Å²) in [6.07, 6.45) is 1.55. The van der Waals surface area contributed by atoms with Crippen molar-refractivity contribution >= 4 is 22.0 Å². The summed E-state index contributed by atoms with van der Waals surface area (Å²) in [6.45, 7) is -0.210. The number of nitrogens with two attached hydrogens (primary N) is 1. The van der Waals surface area contributed by atoms with Crippen LogP contribution in [-0.2, 0) is 25.7 Å². The molecular formula is C22H29N5O6S. The Bertz CT molecular complexity index is 1140. The van der Waals surface area contributed by atoms with Crippen molar-refractivity contribution in [2.24, 2.45) is 17.0 Å². The quantitative estimate of drug-likeness (QED) is 0.482. The number of aliphatic hydroxyl groups is 1. The number of hydrogen-bond acceptors (Lipinski definition) is 9. The van der Waals surface area contributed by atoms with Gasteiger partial charge in [0.25, 0.3) is 0 Å². The number of anilines is 1. The molecule has 1 heterocycles. The number of rotatable bonds is 8. The van der Waals surface area contributed by atoms with Crippen molar-refractivity contribution in [3.8, 4) is 5.88 Å². The van der Waals surface area contributed by atoms with Crippen LogP contribution in [0.1, 0.15) is 30.0 Å². The van der Waals surface area contributed by atoms with Crippen LogP contribution in [0.3, 0.4) is 0 Å². The molecule has 2 aliphatic rings. The minimum absolute atomic E-state index is 0.0342. The number of aromatic nitrogens is 2. The molecule has 0 spiro atoms. The van der Waals surface area contributed by atoms with Gasteiger partial charge >= 0.3 is 10.3 Å². The molecule has 11 nitrogen and oxygen atoms in total. The summed E-state index contributed by atoms with van der Waals surface area (Å²) in [5.74, 6) is 0.166. The molecule has 12 heteroatoms. The lowest BCUT2D eigenvalue weighted by Gasteiger charge is -2.24. The highest BCUT2D eigenvalue weighted by Crippen LogP contribution is 2.39. The van der Waals surface area contributed by atoms with Gasteiger partial charge in [0, 0.05) is 32.5 Å². The van der Waals surface area contributed by atoms with Crippen LogP contribution in [0.15, 0.2) is 36.7 Å². The summed E-state index contributed by atoms with van der Waals surface area (Å²) >= 11 is 0. The number of carbonyl (C=O) groups is 1. The second-order valence-corrected chi connectivity index (χ2v) is 10.1. The van der Waals surface area contributed by atoms with Gasteiger partial charge in [-0.1, -0.05) is 24.3 Å². The molecule has 34 heavy (non-hydrogen) atoms. The van der Waals surface area contributed by atoms with E-state index >= 15 is 0 Å². The highest BCUT2D eigenvalue weighted by molar-refractivity contribution is 7.84. The number of nitrogens with zero attached hydrogens (tertiary/aromatic N) is 3. The Hall–Kier alpha value is -2.80. The van der Waals surface area contributed by atoms with Crippen LogP contribution in [0.4, 0.5) is 5.82 Å². The fourth-order valence-corrected chi connectivity index (χ4v) is 5.02. The average Bonchev–Trinajstić information content (AvgIpc) is 3.31. The Labute approximate surface area is 198 Å². The normalized spacial score (nSPS) is 26.2. The van der Waals surface area contributed by atoms with Gasteiger partial charge in [-0.15, -0.1) is 0 Å². The number of amides is 1. The minimum Gasteiger partial charge on any atom is -0.474 e. The maximum absolute atomic E-state index is 12.8. The molecule has 1 unspecified atom stereocenters. The maximum Gasteiger partial charge on any atom is 0.333 e. The van der Waals surface area contributed by atoms with E-state index < -0.39 is 22.3 Å². The highest BCUT2D eigenvalue weighted by Gasteiger charge is 2.38. The third kappa shape index (κ3) is 5.63. The van der Waals surface area contributed by atoms with Crippen molar-refractivity contribution in [1.82, 2.24) is 14.9 Å². The Morgan fingerprint density at radius 2 is 2.03 bits per heavy atom. The van der Waals surface area contributed by atoms with Crippen LogP contribution in [-0.4, -0.2) is 67.2 Å². The lowest BCUT2D eigenvalue weighted by Crippen LogP contribution is -2.34. The topological polar surface area (TPSA) is 157 Å². The Morgan fingerprint density at radius 1 is 1.26 bits per heavy atom. The molecule has 1 aromatic carbocycles. The number of benzene rings is 1. The van der Waals surface area contributed by atoms with Crippen LogP contribution in [0.25, 0.3) is 0 Å². The van der Waals surface area contributed by atoms with E-state index in [0.717, 1.165) is 11.1 Å². The predicted molar refractivity (Wildman–Crippen MR) is 123 cm³/mol. The summed E-state index contributed by atoms with van der Waals surface area (Å²) in [6, 6.07) is 9.36. The molecule has 1 fully saturated rings. The number of nitrogens with one attached hydrogen (secondary N) is 1. The molecule has 4 rings (SSSR count). The SMILES string of the molecule is CN(C)C(=O)[C@H]1Cc2ccccc2C1Nc1cc(O[C@@H]2C[C@@H](COS(N)(=O)=O)[C@@H](O)C2)ncn1. The molecule has 2 aliphatic carbocycles. The zero-order valence-electron chi connectivity index (χ0n) is 19.0. The molecule has 4 N–H and O–H groups in total. The molecule has 5 atom stereocenters. The first-order chi connectivity index (χ1) is 16.1. The molecule has 1 aromatic heterocycles. The Balaban J connectivity index is 1.45. The lowest BCUT2D eigenvalue weighted by atomic mass is 9.99. The highest BCUT2D eigenvalue weighted by atomic mass is 32.2. The minimum atomic E-state index is -4.07. The van der Waals surface area contributed by atoms with E-state index in [1.807, 2.05) is 24.3 Å². The van der Waals surface area contributed by atoms with Gasteiger partial charge in [0.05, 0.1) is 24.7 Å². The third-order valence-corrected chi connectivity index (χ3v) is 6.75. The summed E-state index contributed by atoms with van der Waals surface area (Å²) in [5.41, 5.74) is 2.18. The van der Waals surface area contributed by atoms with Crippen molar-refractivity contribution in [1.29, 1.82) is 0 Å². The maximum atomic E-state index is 12.8. The van der Waals surface area contributed by atoms with Crippen LogP contribution >= 0.6 is 0 Å². The van der Waals surface area contributed by atoms with E-state index in [9.17, 15) is 18.3 Å². The molecule has 0 saturated heterocycles. The number of fused-ring (bicyclic) bond motifs is 1. The zero-order valence-corrected chi connectivity index (χ0v) is 19.8. The van der Waals surface area contributed by atoms with E-state index in [4.69, 9.17) is 9.88 Å². The summed E-state index contributed by atoms with van der Waals surface area (Å²) in [7, 11) is -0.581. The van der Waals surface area contributed by atoms with Gasteiger partial charge in [-0.3, -0.25) is 8.98 Å². The van der Waals surface area contributed by atoms with E-state index in [-0.39, 0.29) is 30.6 Å². The predicted octanol–water partition coefficient (Wildman–Crippen LogP) is 0.629. The van der Waals surface area contributed by atoms with E-state index in [1.165, 1.54) is 6.33 Å². The van der Waals surface area contributed by atoms with Crippen molar-refractivity contribution in [3.05, 3.63) is 47.8 Å². The van der Waals surface area contributed by atoms with Crippen LogP contribution in [0.5, 0.6) is 5.88 Å². The molecule has 0 bridgehead atoms. The summed E-state index contributed by atoms with van der Waals surface area (Å²) in [5, 5.41) is 18.5. The van der Waals surface area contributed by atoms with Crippen molar-refractivity contribution in [2.45, 2.75) is 37.5 Å². The van der Waals surface area contributed by atoms with E-state index in [1.54, 1.807) is 25.1 Å². The first-order valence-corrected chi connectivity index (χ1v) is 12.5. The molecule has 184 valence electrons. The largest absolute Gasteiger partial charge is 0.474 e. The fraction of sp³-hybridized carbons (Fsp3) is 0.500. The van der Waals surface area contributed by atoms with Gasteiger partial charge in [-0.2, -0.15) is 8.42 Å². The fourth-order valence-electron chi connectivity index (χ4n) is 4.66. The monoisotopic (exact) mass is 491 g/mol. The van der Waals surface area contributed by atoms with E-state index in [0.29, 0.717) is 31.0 Å². The standard InChI is InChI=1S/C22H29N5O6S/c1-27(2)22(29)17-8-13-5-3-4-6-16(13)21(17)26-19-10-20(25-12-24-19)33-15-7-14(18(28)9-15)11-32-34(23,30)31/h3-6,10,12,14-15,17-18,21,28H,7-9,11H2,1-2H3,(H2,23,30,31)(H,24,25,26)/t14-,15+,17-,18-,21?/m0/s1. The Kier molecular flexibility index (Phi) is 7.03. The van der Waals surface area contributed by atoms with E-state index in [2.05, 4.69) is 19.5 Å². The third-order valence-electron chi connectivity index (χ3n) is 6.28. The molecule has 0 aliphatic heterocycles. The lowest BCUT2D eigenvalue weighted by molar-refractivity contribution is -0.133. The smallest absolute Gasteiger partial charge is 0.333 e. The first kappa shape index (κ1) is 24.3. The van der Waals surface area contributed by atoms with Gasteiger partial charge in [0.15, 0.2) is 0 Å². The van der Waals surface area contributed by atoms with Crippen molar-refractivity contribution in [3.63, 3.8) is 0 Å². The van der Waals surface area contributed by atoms with Gasteiger partial charge in [0.2, 0.25) is 11.8 Å². The average molecular weight is 492 g/mol. The van der Waals surface area contributed by atoms with Gasteiger partial charge < -0.3 is 20.1 Å². The summed E-state index contributed by atoms with van der Waals surface area (Å²) in [4.78, 5) is 22.9. The number of hydrogen-bond donors (Lipinski definition) is 3. The van der Waals surface area contributed by atoms with Gasteiger partial charge in [-0.25, -0.2) is 15.1 Å². The van der Waals surface area contributed by atoms with Crippen LogP contribution in [0.2, 0.25) is 0 Å². The number of carbonyl (C=O) groups excluding carboxylic acids is 1. The second-order valence-electron chi connectivity index (χ2n) is 8.92. The second kappa shape index (κ2) is 9.82. The van der Waals surface area contributed by atoms with Crippen molar-refractivity contribution in [2.75, 3.05) is 26.0 Å². The molecule has 0 radical (unpaired) electrons. The molecule has 2 aromatic rings. The van der Waals surface area contributed by atoms with Crippen molar-refractivity contribution < 1.29 is 27.2 Å². The number of ether oxygens (including phenoxy) is 1. The molecule has 1 saturated carbocycles. The van der Waals surface area contributed by atoms with Crippen LogP contribution in [0, 0.1) is 11.8 Å². The van der Waals surface area contributed by atoms with Gasteiger partial charge in [-0.05, 0) is 24.0 Å². The first-order valence-electron chi connectivity index (χ1n) is 11.0. The summed E-state index contributed by atoms with van der Waals surface area (Å²) < 4.78 is 32.6. The molecular weight excluding hydrogens is 462 g/mol. The van der Waals surface area contributed by atoms with Crippen LogP contribution < -0.4 is 15.2 Å². The van der Waals surface area contributed by atoms with Gasteiger partial charge in [0.1, 0.15) is 18.2 Å². The zero-order chi connectivity index (χ0) is 24.5. The number of aliphatic hydroxyl groups excluding tert-OH is 1. The molecule has 1 amide bonds.